The van der Waals surface area contributed by atoms with Crippen LogP contribution in [-0.2, 0) is 0 Å². The van der Waals surface area contributed by atoms with Gasteiger partial charge in [0.25, 0.3) is 0 Å². The summed E-state index contributed by atoms with van der Waals surface area (Å²) in [5.41, 5.74) is 1.11. The molecule has 112 valence electrons. The van der Waals surface area contributed by atoms with Crippen molar-refractivity contribution in [2.24, 2.45) is 0 Å². The quantitative estimate of drug-likeness (QED) is 0.891. The molecule has 0 spiro atoms. The molecule has 0 aliphatic carbocycles. The highest BCUT2D eigenvalue weighted by molar-refractivity contribution is 7.16. The molecule has 1 atom stereocenters. The monoisotopic (exact) mass is 323 g/mol. The number of para-hydroxylation sites is 1. The molecule has 2 aromatic rings. The Morgan fingerprint density at radius 1 is 1.24 bits per heavy atom. The molecule has 0 saturated carbocycles. The van der Waals surface area contributed by atoms with Crippen LogP contribution in [0.4, 0.5) is 0 Å². The molecule has 0 bridgehead atoms. The minimum Gasteiger partial charge on any atom is -0.486 e. The standard InChI is InChI=1S/C16H18ClNO2S/c1-2-8-18-15(13-6-7-14(17)21-13)11-4-3-5-12-16(11)20-10-9-19-12/h3-7,15,18H,2,8-10H2,1H3. The maximum atomic E-state index is 6.10. The van der Waals surface area contributed by atoms with E-state index in [1.54, 1.807) is 11.3 Å². The molecule has 5 heteroatoms. The van der Waals surface area contributed by atoms with Gasteiger partial charge in [0.2, 0.25) is 0 Å². The van der Waals surface area contributed by atoms with E-state index < -0.39 is 0 Å². The Labute approximate surface area is 133 Å². The third kappa shape index (κ3) is 3.18. The van der Waals surface area contributed by atoms with Gasteiger partial charge in [0.1, 0.15) is 13.2 Å². The molecule has 1 aliphatic rings. The van der Waals surface area contributed by atoms with Gasteiger partial charge >= 0.3 is 0 Å². The van der Waals surface area contributed by atoms with Gasteiger partial charge in [0, 0.05) is 10.4 Å². The fourth-order valence-electron chi connectivity index (χ4n) is 2.46. The fraction of sp³-hybridized carbons (Fsp3) is 0.375. The van der Waals surface area contributed by atoms with Crippen LogP contribution in [0.3, 0.4) is 0 Å². The van der Waals surface area contributed by atoms with Crippen LogP contribution in [0.15, 0.2) is 30.3 Å². The molecular formula is C16H18ClNO2S. The highest BCUT2D eigenvalue weighted by Gasteiger charge is 2.24. The number of ether oxygens (including phenoxy) is 2. The lowest BCUT2D eigenvalue weighted by Crippen LogP contribution is -2.25. The minimum atomic E-state index is 0.0825. The molecule has 0 fully saturated rings. The topological polar surface area (TPSA) is 30.5 Å². The lowest BCUT2D eigenvalue weighted by molar-refractivity contribution is 0.169. The molecule has 1 unspecified atom stereocenters. The van der Waals surface area contributed by atoms with E-state index >= 15 is 0 Å². The summed E-state index contributed by atoms with van der Waals surface area (Å²) >= 11 is 7.70. The van der Waals surface area contributed by atoms with Crippen molar-refractivity contribution in [3.05, 3.63) is 45.1 Å². The van der Waals surface area contributed by atoms with Crippen molar-refractivity contribution in [1.82, 2.24) is 5.32 Å². The summed E-state index contributed by atoms with van der Waals surface area (Å²) in [6.45, 7) is 4.29. The second-order valence-corrected chi connectivity index (χ2v) is 6.65. The maximum absolute atomic E-state index is 6.10. The van der Waals surface area contributed by atoms with Crippen LogP contribution in [0.2, 0.25) is 4.34 Å². The lowest BCUT2D eigenvalue weighted by Gasteiger charge is -2.25. The van der Waals surface area contributed by atoms with Crippen molar-refractivity contribution in [1.29, 1.82) is 0 Å². The van der Waals surface area contributed by atoms with E-state index in [0.717, 1.165) is 34.4 Å². The van der Waals surface area contributed by atoms with Crippen molar-refractivity contribution < 1.29 is 9.47 Å². The first-order valence-corrected chi connectivity index (χ1v) is 8.36. The summed E-state index contributed by atoms with van der Waals surface area (Å²) in [5.74, 6) is 1.67. The first-order valence-electron chi connectivity index (χ1n) is 7.16. The second kappa shape index (κ2) is 6.69. The van der Waals surface area contributed by atoms with Crippen LogP contribution >= 0.6 is 22.9 Å². The van der Waals surface area contributed by atoms with Crippen molar-refractivity contribution in [3.8, 4) is 11.5 Å². The summed E-state index contributed by atoms with van der Waals surface area (Å²) in [6.07, 6.45) is 1.07. The van der Waals surface area contributed by atoms with E-state index in [-0.39, 0.29) is 6.04 Å². The van der Waals surface area contributed by atoms with Gasteiger partial charge in [-0.05, 0) is 31.2 Å². The molecule has 2 heterocycles. The number of rotatable bonds is 5. The predicted octanol–water partition coefficient (Wildman–Crippen LogP) is 4.26. The minimum absolute atomic E-state index is 0.0825. The molecule has 0 saturated heterocycles. The van der Waals surface area contributed by atoms with Crippen LogP contribution in [0.1, 0.15) is 29.8 Å². The molecule has 1 aliphatic heterocycles. The average molecular weight is 324 g/mol. The molecule has 1 aromatic heterocycles. The van der Waals surface area contributed by atoms with Gasteiger partial charge in [0.05, 0.1) is 10.4 Å². The van der Waals surface area contributed by atoms with Crippen molar-refractivity contribution >= 4 is 22.9 Å². The zero-order valence-electron chi connectivity index (χ0n) is 11.9. The Morgan fingerprint density at radius 2 is 2.10 bits per heavy atom. The highest BCUT2D eigenvalue weighted by atomic mass is 35.5. The highest BCUT2D eigenvalue weighted by Crippen LogP contribution is 2.41. The van der Waals surface area contributed by atoms with E-state index in [9.17, 15) is 0 Å². The van der Waals surface area contributed by atoms with Gasteiger partial charge in [0.15, 0.2) is 11.5 Å². The predicted molar refractivity (Wildman–Crippen MR) is 86.9 cm³/mol. The molecule has 3 rings (SSSR count). The molecule has 1 aromatic carbocycles. The zero-order valence-corrected chi connectivity index (χ0v) is 13.5. The van der Waals surface area contributed by atoms with E-state index in [1.807, 2.05) is 18.2 Å². The zero-order chi connectivity index (χ0) is 14.7. The molecule has 0 amide bonds. The summed E-state index contributed by atoms with van der Waals surface area (Å²) < 4.78 is 12.3. The largest absolute Gasteiger partial charge is 0.486 e. The van der Waals surface area contributed by atoms with Crippen LogP contribution in [0, 0.1) is 0 Å². The van der Waals surface area contributed by atoms with E-state index in [1.165, 1.54) is 4.88 Å². The molecule has 0 radical (unpaired) electrons. The third-order valence-electron chi connectivity index (χ3n) is 3.38. The van der Waals surface area contributed by atoms with Crippen molar-refractivity contribution in [2.45, 2.75) is 19.4 Å². The van der Waals surface area contributed by atoms with Gasteiger partial charge < -0.3 is 14.8 Å². The Bertz CT molecular complexity index is 614. The Morgan fingerprint density at radius 3 is 2.86 bits per heavy atom. The summed E-state index contributed by atoms with van der Waals surface area (Å²) in [5, 5.41) is 3.58. The number of thiophene rings is 1. The first kappa shape index (κ1) is 14.7. The summed E-state index contributed by atoms with van der Waals surface area (Å²) in [4.78, 5) is 1.19. The van der Waals surface area contributed by atoms with Gasteiger partial charge in [-0.1, -0.05) is 30.7 Å². The summed E-state index contributed by atoms with van der Waals surface area (Å²) in [6, 6.07) is 10.2. The number of hydrogen-bond acceptors (Lipinski definition) is 4. The number of hydrogen-bond donors (Lipinski definition) is 1. The Kier molecular flexibility index (Phi) is 4.68. The number of fused-ring (bicyclic) bond motifs is 1. The molecule has 1 N–H and O–H groups in total. The molecular weight excluding hydrogens is 306 g/mol. The van der Waals surface area contributed by atoms with Crippen LogP contribution < -0.4 is 14.8 Å². The smallest absolute Gasteiger partial charge is 0.166 e. The van der Waals surface area contributed by atoms with E-state index in [2.05, 4.69) is 24.4 Å². The molecule has 21 heavy (non-hydrogen) atoms. The second-order valence-electron chi connectivity index (χ2n) is 4.90. The summed E-state index contributed by atoms with van der Waals surface area (Å²) in [7, 11) is 0. The first-order chi connectivity index (χ1) is 10.3. The van der Waals surface area contributed by atoms with Crippen molar-refractivity contribution in [3.63, 3.8) is 0 Å². The van der Waals surface area contributed by atoms with Gasteiger partial charge in [-0.3, -0.25) is 0 Å². The third-order valence-corrected chi connectivity index (χ3v) is 4.68. The van der Waals surface area contributed by atoms with Crippen molar-refractivity contribution in [2.75, 3.05) is 19.8 Å². The van der Waals surface area contributed by atoms with E-state index in [4.69, 9.17) is 21.1 Å². The SMILES string of the molecule is CCCNC(c1ccc(Cl)s1)c1cccc2c1OCCO2. The molecule has 3 nitrogen and oxygen atoms in total. The van der Waals surface area contributed by atoms with Gasteiger partial charge in [-0.15, -0.1) is 11.3 Å². The van der Waals surface area contributed by atoms with Crippen LogP contribution in [0.25, 0.3) is 0 Å². The Balaban J connectivity index is 2.00. The average Bonchev–Trinajstić information content (AvgIpc) is 2.94. The number of halogens is 1. The number of nitrogens with one attached hydrogen (secondary N) is 1. The number of benzene rings is 1. The fourth-order valence-corrected chi connectivity index (χ4v) is 3.62. The normalized spacial score (nSPS) is 15.0. The van der Waals surface area contributed by atoms with Crippen LogP contribution in [-0.4, -0.2) is 19.8 Å². The Hall–Kier alpha value is -1.23. The lowest BCUT2D eigenvalue weighted by atomic mass is 10.0. The van der Waals surface area contributed by atoms with E-state index in [0.29, 0.717) is 13.2 Å². The van der Waals surface area contributed by atoms with Gasteiger partial charge in [-0.2, -0.15) is 0 Å². The van der Waals surface area contributed by atoms with Crippen LogP contribution in [0.5, 0.6) is 11.5 Å². The van der Waals surface area contributed by atoms with Gasteiger partial charge in [-0.25, -0.2) is 0 Å². The maximum Gasteiger partial charge on any atom is 0.166 e.